The summed E-state index contributed by atoms with van der Waals surface area (Å²) < 4.78 is 13.3. The Balaban J connectivity index is 2.74. The second kappa shape index (κ2) is 6.54. The Kier molecular flexibility index (Phi) is 5.05. The van der Waals surface area contributed by atoms with Gasteiger partial charge in [0.1, 0.15) is 12.4 Å². The van der Waals surface area contributed by atoms with Crippen molar-refractivity contribution in [2.45, 2.75) is 6.92 Å². The molecule has 0 aliphatic carbocycles. The van der Waals surface area contributed by atoms with Gasteiger partial charge in [-0.2, -0.15) is 0 Å². The molecule has 0 bridgehead atoms. The second-order valence-corrected chi connectivity index (χ2v) is 3.60. The standard InChI is InChI=1S/C13H14FNO3/c1-2-15(9-13(17)18)12(16)8-7-10-5-3-4-6-11(10)14/h3-8H,2,9H2,1H3,(H,17,18)/b8-7+. The molecule has 0 spiro atoms. The van der Waals surface area contributed by atoms with Crippen LogP contribution in [0.1, 0.15) is 12.5 Å². The maximum Gasteiger partial charge on any atom is 0.323 e. The van der Waals surface area contributed by atoms with Crippen molar-refractivity contribution >= 4 is 18.0 Å². The number of amides is 1. The Morgan fingerprint density at radius 1 is 1.39 bits per heavy atom. The Bertz CT molecular complexity index is 471. The molecule has 18 heavy (non-hydrogen) atoms. The van der Waals surface area contributed by atoms with Crippen molar-refractivity contribution in [3.8, 4) is 0 Å². The van der Waals surface area contributed by atoms with Gasteiger partial charge in [0.05, 0.1) is 0 Å². The van der Waals surface area contributed by atoms with Crippen LogP contribution < -0.4 is 0 Å². The maximum absolute atomic E-state index is 13.3. The summed E-state index contributed by atoms with van der Waals surface area (Å²) in [5.41, 5.74) is 0.289. The van der Waals surface area contributed by atoms with E-state index in [0.717, 1.165) is 4.90 Å². The molecule has 0 aliphatic rings. The monoisotopic (exact) mass is 251 g/mol. The van der Waals surface area contributed by atoms with Crippen LogP contribution in [0.3, 0.4) is 0 Å². The van der Waals surface area contributed by atoms with Gasteiger partial charge < -0.3 is 10.0 Å². The number of carbonyl (C=O) groups is 2. The lowest BCUT2D eigenvalue weighted by molar-refractivity contribution is -0.142. The Labute approximate surface area is 104 Å². The molecule has 1 aromatic carbocycles. The SMILES string of the molecule is CCN(CC(=O)O)C(=O)/C=C/c1ccccc1F. The van der Waals surface area contributed by atoms with Crippen LogP contribution in [-0.4, -0.2) is 35.0 Å². The predicted molar refractivity (Wildman–Crippen MR) is 65.3 cm³/mol. The summed E-state index contributed by atoms with van der Waals surface area (Å²) in [5, 5.41) is 8.62. The summed E-state index contributed by atoms with van der Waals surface area (Å²) >= 11 is 0. The van der Waals surface area contributed by atoms with Gasteiger partial charge in [-0.1, -0.05) is 18.2 Å². The molecule has 0 saturated heterocycles. The molecule has 0 aromatic heterocycles. The van der Waals surface area contributed by atoms with E-state index in [1.165, 1.54) is 24.3 Å². The number of nitrogens with zero attached hydrogens (tertiary/aromatic N) is 1. The first kappa shape index (κ1) is 13.9. The Morgan fingerprint density at radius 3 is 2.61 bits per heavy atom. The number of carboxylic acids is 1. The lowest BCUT2D eigenvalue weighted by Gasteiger charge is -2.15. The highest BCUT2D eigenvalue weighted by Gasteiger charge is 2.11. The largest absolute Gasteiger partial charge is 0.480 e. The van der Waals surface area contributed by atoms with E-state index < -0.39 is 17.7 Å². The fourth-order valence-corrected chi connectivity index (χ4v) is 1.39. The van der Waals surface area contributed by atoms with Crippen molar-refractivity contribution in [2.24, 2.45) is 0 Å². The average Bonchev–Trinajstić information content (AvgIpc) is 2.34. The molecule has 1 N–H and O–H groups in total. The molecular weight excluding hydrogens is 237 g/mol. The third-order valence-electron chi connectivity index (χ3n) is 2.33. The number of halogens is 1. The topological polar surface area (TPSA) is 57.6 Å². The Hall–Kier alpha value is -2.17. The van der Waals surface area contributed by atoms with E-state index in [-0.39, 0.29) is 18.7 Å². The van der Waals surface area contributed by atoms with Crippen molar-refractivity contribution < 1.29 is 19.1 Å². The quantitative estimate of drug-likeness (QED) is 0.811. The van der Waals surface area contributed by atoms with Gasteiger partial charge in [0.2, 0.25) is 5.91 Å². The van der Waals surface area contributed by atoms with Gasteiger partial charge in [0.25, 0.3) is 0 Å². The molecule has 0 unspecified atom stereocenters. The second-order valence-electron chi connectivity index (χ2n) is 3.60. The number of carbonyl (C=O) groups excluding carboxylic acids is 1. The van der Waals surface area contributed by atoms with E-state index in [0.29, 0.717) is 0 Å². The zero-order valence-electron chi connectivity index (χ0n) is 9.97. The number of likely N-dealkylation sites (N-methyl/N-ethyl adjacent to an activating group) is 1. The number of hydrogen-bond donors (Lipinski definition) is 1. The van der Waals surface area contributed by atoms with E-state index in [2.05, 4.69) is 0 Å². The molecule has 0 fully saturated rings. The predicted octanol–water partition coefficient (Wildman–Crippen LogP) is 1.77. The van der Waals surface area contributed by atoms with E-state index in [1.54, 1.807) is 19.1 Å². The molecule has 0 heterocycles. The number of hydrogen-bond acceptors (Lipinski definition) is 2. The van der Waals surface area contributed by atoms with Crippen molar-refractivity contribution in [1.82, 2.24) is 4.90 Å². The van der Waals surface area contributed by atoms with Crippen LogP contribution in [0.25, 0.3) is 6.08 Å². The molecular formula is C13H14FNO3. The van der Waals surface area contributed by atoms with Crippen molar-refractivity contribution in [2.75, 3.05) is 13.1 Å². The van der Waals surface area contributed by atoms with E-state index in [9.17, 15) is 14.0 Å². The third kappa shape index (κ3) is 4.01. The van der Waals surface area contributed by atoms with Crippen LogP contribution in [0, 0.1) is 5.82 Å². The van der Waals surface area contributed by atoms with Crippen LogP contribution in [0.15, 0.2) is 30.3 Å². The molecule has 0 atom stereocenters. The molecule has 5 heteroatoms. The highest BCUT2D eigenvalue weighted by molar-refractivity contribution is 5.93. The summed E-state index contributed by atoms with van der Waals surface area (Å²) in [6.45, 7) is 1.60. The normalized spacial score (nSPS) is 10.6. The average molecular weight is 251 g/mol. The summed E-state index contributed by atoms with van der Waals surface area (Å²) in [6.07, 6.45) is 2.51. The first-order valence-electron chi connectivity index (χ1n) is 5.48. The fraction of sp³-hybridized carbons (Fsp3) is 0.231. The summed E-state index contributed by atoms with van der Waals surface area (Å²) in [6, 6.07) is 6.03. The van der Waals surface area contributed by atoms with Gasteiger partial charge in [-0.05, 0) is 19.1 Å². The first-order valence-corrected chi connectivity index (χ1v) is 5.48. The number of aliphatic carboxylic acids is 1. The van der Waals surface area contributed by atoms with Gasteiger partial charge in [0.15, 0.2) is 0 Å². The number of rotatable bonds is 5. The lowest BCUT2D eigenvalue weighted by Crippen LogP contribution is -2.34. The molecule has 0 radical (unpaired) electrons. The maximum atomic E-state index is 13.3. The summed E-state index contributed by atoms with van der Waals surface area (Å²) in [5.74, 6) is -1.96. The van der Waals surface area contributed by atoms with Crippen LogP contribution in [0.4, 0.5) is 4.39 Å². The zero-order chi connectivity index (χ0) is 13.5. The fourth-order valence-electron chi connectivity index (χ4n) is 1.39. The minimum absolute atomic E-state index is 0.284. The molecule has 1 rings (SSSR count). The lowest BCUT2D eigenvalue weighted by atomic mass is 10.2. The van der Waals surface area contributed by atoms with Crippen molar-refractivity contribution in [3.63, 3.8) is 0 Å². The zero-order valence-corrected chi connectivity index (χ0v) is 9.97. The molecule has 96 valence electrons. The van der Waals surface area contributed by atoms with Crippen LogP contribution in [-0.2, 0) is 9.59 Å². The molecule has 0 aliphatic heterocycles. The van der Waals surface area contributed by atoms with Gasteiger partial charge in [-0.15, -0.1) is 0 Å². The van der Waals surface area contributed by atoms with Crippen molar-refractivity contribution in [3.05, 3.63) is 41.7 Å². The minimum Gasteiger partial charge on any atom is -0.480 e. The van der Waals surface area contributed by atoms with Crippen LogP contribution in [0.5, 0.6) is 0 Å². The van der Waals surface area contributed by atoms with Gasteiger partial charge in [-0.25, -0.2) is 4.39 Å². The summed E-state index contributed by atoms with van der Waals surface area (Å²) in [4.78, 5) is 23.3. The third-order valence-corrected chi connectivity index (χ3v) is 2.33. The molecule has 0 saturated carbocycles. The number of carboxylic acid groups (broad SMARTS) is 1. The minimum atomic E-state index is -1.08. The summed E-state index contributed by atoms with van der Waals surface area (Å²) in [7, 11) is 0. The van der Waals surface area contributed by atoms with E-state index in [1.807, 2.05) is 0 Å². The van der Waals surface area contributed by atoms with E-state index in [4.69, 9.17) is 5.11 Å². The van der Waals surface area contributed by atoms with Crippen LogP contribution in [0.2, 0.25) is 0 Å². The smallest absolute Gasteiger partial charge is 0.323 e. The first-order chi connectivity index (χ1) is 8.54. The number of benzene rings is 1. The molecule has 1 aromatic rings. The van der Waals surface area contributed by atoms with E-state index >= 15 is 0 Å². The van der Waals surface area contributed by atoms with Gasteiger partial charge >= 0.3 is 5.97 Å². The highest BCUT2D eigenvalue weighted by atomic mass is 19.1. The van der Waals surface area contributed by atoms with Gasteiger partial charge in [-0.3, -0.25) is 9.59 Å². The van der Waals surface area contributed by atoms with Crippen molar-refractivity contribution in [1.29, 1.82) is 0 Å². The highest BCUT2D eigenvalue weighted by Crippen LogP contribution is 2.08. The molecule has 1 amide bonds. The Morgan fingerprint density at radius 2 is 2.06 bits per heavy atom. The van der Waals surface area contributed by atoms with Crippen LogP contribution >= 0.6 is 0 Å². The molecule has 4 nitrogen and oxygen atoms in total. The van der Waals surface area contributed by atoms with Gasteiger partial charge in [0, 0.05) is 18.2 Å².